The lowest BCUT2D eigenvalue weighted by atomic mass is 9.98. The van der Waals surface area contributed by atoms with Crippen molar-refractivity contribution in [3.8, 4) is 5.75 Å². The molecule has 0 aliphatic heterocycles. The lowest BCUT2D eigenvalue weighted by Crippen LogP contribution is -2.15. The van der Waals surface area contributed by atoms with Crippen molar-refractivity contribution in [2.75, 3.05) is 6.61 Å². The molecule has 0 aliphatic carbocycles. The summed E-state index contributed by atoms with van der Waals surface area (Å²) in [5, 5.41) is 0.247. The summed E-state index contributed by atoms with van der Waals surface area (Å²) in [5.74, 6) is -0.319. The Balaban J connectivity index is 2.15. The van der Waals surface area contributed by atoms with Crippen LogP contribution in [0.2, 0.25) is 5.02 Å². The number of halogens is 1. The minimum Gasteiger partial charge on any atom is -0.484 e. The summed E-state index contributed by atoms with van der Waals surface area (Å²) in [6.07, 6.45) is 1.64. The number of aryl methyl sites for hydroxylation is 2. The topological polar surface area (TPSA) is 69.4 Å². The predicted octanol–water partition coefficient (Wildman–Crippen LogP) is 3.83. The Hall–Kier alpha value is -2.33. The summed E-state index contributed by atoms with van der Waals surface area (Å²) in [6, 6.07) is 10.4. The standard InChI is InChI=1S/C19H20ClNO3/c1-3-12-5-6-13(4-2)15(9-12)17(22)11-24-18-8-7-14(19(21)23)10-16(18)20/h5-10H,3-4,11H2,1-2H3,(H2,21,23). The van der Waals surface area contributed by atoms with Crippen LogP contribution in [-0.4, -0.2) is 18.3 Å². The molecule has 0 aromatic heterocycles. The van der Waals surface area contributed by atoms with Crippen LogP contribution in [0.4, 0.5) is 0 Å². The van der Waals surface area contributed by atoms with Crippen molar-refractivity contribution in [3.63, 3.8) is 0 Å². The van der Waals surface area contributed by atoms with Crippen LogP contribution in [0.15, 0.2) is 36.4 Å². The van der Waals surface area contributed by atoms with E-state index in [0.717, 1.165) is 24.0 Å². The van der Waals surface area contributed by atoms with E-state index in [0.29, 0.717) is 16.9 Å². The number of hydrogen-bond donors (Lipinski definition) is 1. The van der Waals surface area contributed by atoms with E-state index < -0.39 is 5.91 Å². The molecule has 0 bridgehead atoms. The molecule has 2 aromatic carbocycles. The molecule has 0 radical (unpaired) electrons. The van der Waals surface area contributed by atoms with Gasteiger partial charge < -0.3 is 10.5 Å². The molecule has 0 aliphatic rings. The molecule has 0 spiro atoms. The number of hydrogen-bond acceptors (Lipinski definition) is 3. The van der Waals surface area contributed by atoms with Gasteiger partial charge in [0.05, 0.1) is 5.02 Å². The zero-order chi connectivity index (χ0) is 17.7. The van der Waals surface area contributed by atoms with Gasteiger partial charge in [-0.1, -0.05) is 37.6 Å². The number of amides is 1. The highest BCUT2D eigenvalue weighted by molar-refractivity contribution is 6.32. The second-order valence-corrected chi connectivity index (χ2v) is 5.83. The van der Waals surface area contributed by atoms with E-state index in [4.69, 9.17) is 22.1 Å². The Kier molecular flexibility index (Phi) is 5.99. The first-order valence-electron chi connectivity index (χ1n) is 7.83. The van der Waals surface area contributed by atoms with Crippen LogP contribution in [0.1, 0.15) is 45.7 Å². The highest BCUT2D eigenvalue weighted by Gasteiger charge is 2.14. The maximum atomic E-state index is 12.5. The van der Waals surface area contributed by atoms with Gasteiger partial charge in [0.2, 0.25) is 5.91 Å². The maximum Gasteiger partial charge on any atom is 0.248 e. The Morgan fingerprint density at radius 2 is 1.83 bits per heavy atom. The summed E-state index contributed by atoms with van der Waals surface area (Å²) in [6.45, 7) is 3.94. The van der Waals surface area contributed by atoms with E-state index in [2.05, 4.69) is 0 Å². The molecule has 0 saturated carbocycles. The van der Waals surface area contributed by atoms with E-state index in [1.165, 1.54) is 12.1 Å². The molecule has 2 rings (SSSR count). The van der Waals surface area contributed by atoms with E-state index >= 15 is 0 Å². The Bertz CT molecular complexity index is 771. The van der Waals surface area contributed by atoms with Crippen molar-refractivity contribution in [1.82, 2.24) is 0 Å². The van der Waals surface area contributed by atoms with Gasteiger partial charge in [0.1, 0.15) is 5.75 Å². The van der Waals surface area contributed by atoms with Gasteiger partial charge in [0, 0.05) is 11.1 Å². The largest absolute Gasteiger partial charge is 0.484 e. The highest BCUT2D eigenvalue weighted by atomic mass is 35.5. The maximum absolute atomic E-state index is 12.5. The van der Waals surface area contributed by atoms with Gasteiger partial charge in [-0.05, 0) is 48.2 Å². The monoisotopic (exact) mass is 345 g/mol. The third kappa shape index (κ3) is 4.15. The number of carbonyl (C=O) groups is 2. The molecule has 0 atom stereocenters. The quantitative estimate of drug-likeness (QED) is 0.775. The smallest absolute Gasteiger partial charge is 0.248 e. The molecule has 0 saturated heterocycles. The number of carbonyl (C=O) groups excluding carboxylic acids is 2. The summed E-state index contributed by atoms with van der Waals surface area (Å²) in [5.41, 5.74) is 8.28. The van der Waals surface area contributed by atoms with Crippen LogP contribution in [0, 0.1) is 0 Å². The molecule has 0 fully saturated rings. The molecule has 0 unspecified atom stereocenters. The van der Waals surface area contributed by atoms with Crippen molar-refractivity contribution < 1.29 is 14.3 Å². The summed E-state index contributed by atoms with van der Waals surface area (Å²) in [4.78, 5) is 23.6. The van der Waals surface area contributed by atoms with Crippen LogP contribution < -0.4 is 10.5 Å². The van der Waals surface area contributed by atoms with Gasteiger partial charge in [-0.3, -0.25) is 9.59 Å². The summed E-state index contributed by atoms with van der Waals surface area (Å²) >= 11 is 6.07. The molecule has 2 N–H and O–H groups in total. The Morgan fingerprint density at radius 1 is 1.08 bits per heavy atom. The molecule has 5 heteroatoms. The number of Topliss-reactive ketones (excluding diaryl/α,β-unsaturated/α-hetero) is 1. The van der Waals surface area contributed by atoms with E-state index in [1.54, 1.807) is 6.07 Å². The fourth-order valence-electron chi connectivity index (χ4n) is 2.40. The van der Waals surface area contributed by atoms with Gasteiger partial charge in [0.15, 0.2) is 12.4 Å². The molecule has 126 valence electrons. The van der Waals surface area contributed by atoms with Crippen LogP contribution in [0.25, 0.3) is 0 Å². The van der Waals surface area contributed by atoms with Crippen LogP contribution >= 0.6 is 11.6 Å². The molecule has 2 aromatic rings. The number of nitrogens with two attached hydrogens (primary N) is 1. The minimum absolute atomic E-state index is 0.0998. The molecule has 24 heavy (non-hydrogen) atoms. The molecule has 0 heterocycles. The van der Waals surface area contributed by atoms with E-state index in [-0.39, 0.29) is 17.4 Å². The first-order chi connectivity index (χ1) is 11.5. The minimum atomic E-state index is -0.566. The highest BCUT2D eigenvalue weighted by Crippen LogP contribution is 2.25. The first kappa shape index (κ1) is 18.0. The number of primary amides is 1. The summed E-state index contributed by atoms with van der Waals surface area (Å²) in [7, 11) is 0. The zero-order valence-corrected chi connectivity index (χ0v) is 14.5. The van der Waals surface area contributed by atoms with Gasteiger partial charge in [-0.15, -0.1) is 0 Å². The number of rotatable bonds is 7. The lowest BCUT2D eigenvalue weighted by Gasteiger charge is -2.11. The van der Waals surface area contributed by atoms with Crippen LogP contribution in [-0.2, 0) is 12.8 Å². The van der Waals surface area contributed by atoms with Crippen molar-refractivity contribution in [1.29, 1.82) is 0 Å². The molecule has 4 nitrogen and oxygen atoms in total. The van der Waals surface area contributed by atoms with Crippen molar-refractivity contribution in [2.24, 2.45) is 5.73 Å². The lowest BCUT2D eigenvalue weighted by molar-refractivity contribution is 0.0919. The average Bonchev–Trinajstić information content (AvgIpc) is 2.59. The van der Waals surface area contributed by atoms with Crippen LogP contribution in [0.3, 0.4) is 0 Å². The third-order valence-corrected chi connectivity index (χ3v) is 4.13. The predicted molar refractivity (Wildman–Crippen MR) is 95.0 cm³/mol. The SMILES string of the molecule is CCc1ccc(CC)c(C(=O)COc2ccc(C(N)=O)cc2Cl)c1. The Labute approximate surface area is 146 Å². The number of benzene rings is 2. The molecular weight excluding hydrogens is 326 g/mol. The van der Waals surface area contributed by atoms with Crippen molar-refractivity contribution in [2.45, 2.75) is 26.7 Å². The van der Waals surface area contributed by atoms with Gasteiger partial charge >= 0.3 is 0 Å². The molecular formula is C19H20ClNO3. The second-order valence-electron chi connectivity index (χ2n) is 5.42. The van der Waals surface area contributed by atoms with Crippen molar-refractivity contribution >= 4 is 23.3 Å². The van der Waals surface area contributed by atoms with Gasteiger partial charge in [-0.2, -0.15) is 0 Å². The van der Waals surface area contributed by atoms with Crippen molar-refractivity contribution in [3.05, 3.63) is 63.7 Å². The first-order valence-corrected chi connectivity index (χ1v) is 8.21. The van der Waals surface area contributed by atoms with Gasteiger partial charge in [-0.25, -0.2) is 0 Å². The third-order valence-electron chi connectivity index (χ3n) is 3.84. The zero-order valence-electron chi connectivity index (χ0n) is 13.8. The number of ketones is 1. The molecule has 1 amide bonds. The fraction of sp³-hybridized carbons (Fsp3) is 0.263. The van der Waals surface area contributed by atoms with E-state index in [9.17, 15) is 9.59 Å². The number of ether oxygens (including phenoxy) is 1. The summed E-state index contributed by atoms with van der Waals surface area (Å²) < 4.78 is 5.53. The fourth-order valence-corrected chi connectivity index (χ4v) is 2.64. The Morgan fingerprint density at radius 3 is 2.42 bits per heavy atom. The average molecular weight is 346 g/mol. The van der Waals surface area contributed by atoms with Crippen LogP contribution in [0.5, 0.6) is 5.75 Å². The van der Waals surface area contributed by atoms with E-state index in [1.807, 2.05) is 32.0 Å². The second kappa shape index (κ2) is 7.97. The van der Waals surface area contributed by atoms with Gasteiger partial charge in [0.25, 0.3) is 0 Å². The normalized spacial score (nSPS) is 10.5.